The van der Waals surface area contributed by atoms with Crippen LogP contribution in [0.5, 0.6) is 5.75 Å². The van der Waals surface area contributed by atoms with E-state index < -0.39 is 10.8 Å². The van der Waals surface area contributed by atoms with Gasteiger partial charge in [-0.25, -0.2) is 0 Å². The highest BCUT2D eigenvalue weighted by Gasteiger charge is 2.13. The summed E-state index contributed by atoms with van der Waals surface area (Å²) in [7, 11) is 0. The van der Waals surface area contributed by atoms with Crippen LogP contribution in [0.2, 0.25) is 0 Å². The van der Waals surface area contributed by atoms with E-state index in [1.54, 1.807) is 6.07 Å². The second kappa shape index (κ2) is 7.92. The molecule has 0 saturated carbocycles. The summed E-state index contributed by atoms with van der Waals surface area (Å²) < 4.78 is 0.786. The van der Waals surface area contributed by atoms with Gasteiger partial charge in [0, 0.05) is 17.8 Å². The lowest BCUT2D eigenvalue weighted by Gasteiger charge is -2.05. The SMILES string of the molecule is N#C/C(=C\c1cc(Br)c(O)c(Br)c1)C(=O)Nc1cccc([N+](=O)[O-])c1. The summed E-state index contributed by atoms with van der Waals surface area (Å²) >= 11 is 6.33. The summed E-state index contributed by atoms with van der Waals surface area (Å²) in [6.07, 6.45) is 1.33. The van der Waals surface area contributed by atoms with Gasteiger partial charge < -0.3 is 10.4 Å². The van der Waals surface area contributed by atoms with Crippen LogP contribution < -0.4 is 5.32 Å². The number of nitrogens with zero attached hydrogens (tertiary/aromatic N) is 2. The number of amides is 1. The van der Waals surface area contributed by atoms with Gasteiger partial charge in [-0.3, -0.25) is 14.9 Å². The van der Waals surface area contributed by atoms with Gasteiger partial charge in [0.15, 0.2) is 0 Å². The molecule has 126 valence electrons. The van der Waals surface area contributed by atoms with Crippen molar-refractivity contribution in [3.63, 3.8) is 0 Å². The van der Waals surface area contributed by atoms with Crippen LogP contribution in [-0.2, 0) is 4.79 Å². The van der Waals surface area contributed by atoms with Gasteiger partial charge in [0.25, 0.3) is 11.6 Å². The molecule has 0 aliphatic carbocycles. The number of nitro groups is 1. The number of hydrogen-bond donors (Lipinski definition) is 2. The van der Waals surface area contributed by atoms with Crippen molar-refractivity contribution < 1.29 is 14.8 Å². The van der Waals surface area contributed by atoms with Gasteiger partial charge in [-0.15, -0.1) is 0 Å². The molecule has 2 rings (SSSR count). The topological polar surface area (TPSA) is 116 Å². The zero-order chi connectivity index (χ0) is 18.6. The van der Waals surface area contributed by atoms with Crippen molar-refractivity contribution in [2.45, 2.75) is 0 Å². The van der Waals surface area contributed by atoms with Crippen molar-refractivity contribution >= 4 is 55.2 Å². The number of carbonyl (C=O) groups excluding carboxylic acids is 1. The summed E-state index contributed by atoms with van der Waals surface area (Å²) in [4.78, 5) is 22.4. The molecule has 0 aliphatic rings. The minimum atomic E-state index is -0.705. The van der Waals surface area contributed by atoms with Gasteiger partial charge in [0.1, 0.15) is 17.4 Å². The Morgan fingerprint density at radius 2 is 1.92 bits per heavy atom. The zero-order valence-electron chi connectivity index (χ0n) is 12.4. The molecule has 0 unspecified atom stereocenters. The van der Waals surface area contributed by atoms with E-state index in [4.69, 9.17) is 0 Å². The van der Waals surface area contributed by atoms with E-state index in [0.717, 1.165) is 0 Å². The molecule has 1 amide bonds. The average Bonchev–Trinajstić information content (AvgIpc) is 2.57. The minimum absolute atomic E-state index is 0.00305. The maximum absolute atomic E-state index is 12.2. The van der Waals surface area contributed by atoms with Crippen LogP contribution >= 0.6 is 31.9 Å². The highest BCUT2D eigenvalue weighted by Crippen LogP contribution is 2.34. The maximum atomic E-state index is 12.2. The number of phenolic OH excluding ortho intramolecular Hbond substituents is 1. The summed E-state index contributed by atoms with van der Waals surface area (Å²) in [5, 5.41) is 32.1. The second-order valence-electron chi connectivity index (χ2n) is 4.76. The molecule has 2 aromatic carbocycles. The third-order valence-corrected chi connectivity index (χ3v) is 4.24. The van der Waals surface area contributed by atoms with E-state index in [0.29, 0.717) is 14.5 Å². The van der Waals surface area contributed by atoms with Gasteiger partial charge in [-0.2, -0.15) is 5.26 Å². The minimum Gasteiger partial charge on any atom is -0.506 e. The monoisotopic (exact) mass is 465 g/mol. The van der Waals surface area contributed by atoms with Crippen molar-refractivity contribution in [3.05, 3.63) is 66.6 Å². The molecular formula is C16H9Br2N3O4. The lowest BCUT2D eigenvalue weighted by atomic mass is 10.1. The first-order valence-electron chi connectivity index (χ1n) is 6.67. The van der Waals surface area contributed by atoms with E-state index >= 15 is 0 Å². The lowest BCUT2D eigenvalue weighted by Crippen LogP contribution is -2.13. The Hall–Kier alpha value is -2.70. The van der Waals surface area contributed by atoms with Crippen LogP contribution in [-0.4, -0.2) is 15.9 Å². The Kier molecular flexibility index (Phi) is 5.90. The molecule has 0 fully saturated rings. The first-order chi connectivity index (χ1) is 11.8. The molecule has 25 heavy (non-hydrogen) atoms. The number of nitriles is 1. The predicted molar refractivity (Wildman–Crippen MR) is 98.8 cm³/mol. The average molecular weight is 467 g/mol. The molecule has 0 saturated heterocycles. The summed E-state index contributed by atoms with van der Waals surface area (Å²) in [6.45, 7) is 0. The summed E-state index contributed by atoms with van der Waals surface area (Å²) in [5.74, 6) is -0.708. The number of benzene rings is 2. The Bertz CT molecular complexity index is 912. The number of non-ortho nitro benzene ring substituents is 1. The quantitative estimate of drug-likeness (QED) is 0.300. The zero-order valence-corrected chi connectivity index (χ0v) is 15.5. The molecule has 0 heterocycles. The van der Waals surface area contributed by atoms with Crippen LogP contribution in [0, 0.1) is 21.4 Å². The number of hydrogen-bond acceptors (Lipinski definition) is 5. The van der Waals surface area contributed by atoms with E-state index in [1.807, 2.05) is 0 Å². The first-order valence-corrected chi connectivity index (χ1v) is 8.26. The number of anilines is 1. The van der Waals surface area contributed by atoms with Crippen LogP contribution in [0.1, 0.15) is 5.56 Å². The number of halogens is 2. The fraction of sp³-hybridized carbons (Fsp3) is 0. The number of aromatic hydroxyl groups is 1. The molecular weight excluding hydrogens is 458 g/mol. The van der Waals surface area contributed by atoms with Crippen molar-refractivity contribution in [2.75, 3.05) is 5.32 Å². The normalized spacial score (nSPS) is 10.8. The van der Waals surface area contributed by atoms with Crippen molar-refractivity contribution in [1.29, 1.82) is 5.26 Å². The number of nitro benzene ring substituents is 1. The Morgan fingerprint density at radius 3 is 2.48 bits per heavy atom. The van der Waals surface area contributed by atoms with Crippen molar-refractivity contribution in [3.8, 4) is 11.8 Å². The molecule has 0 aliphatic heterocycles. The summed E-state index contributed by atoms with van der Waals surface area (Å²) in [5.41, 5.74) is 0.332. The largest absolute Gasteiger partial charge is 0.506 e. The maximum Gasteiger partial charge on any atom is 0.271 e. The van der Waals surface area contributed by atoms with Crippen molar-refractivity contribution in [1.82, 2.24) is 0 Å². The number of phenols is 1. The van der Waals surface area contributed by atoms with Gasteiger partial charge >= 0.3 is 0 Å². The van der Waals surface area contributed by atoms with E-state index in [-0.39, 0.29) is 22.7 Å². The van der Waals surface area contributed by atoms with Gasteiger partial charge in [-0.1, -0.05) is 6.07 Å². The standard InChI is InChI=1S/C16H9Br2N3O4/c17-13-5-9(6-14(18)15(13)22)4-10(8-19)16(23)20-11-2-1-3-12(7-11)21(24)25/h1-7,22H,(H,20,23)/b10-4+. The van der Waals surface area contributed by atoms with Gasteiger partial charge in [0.2, 0.25) is 0 Å². The Balaban J connectivity index is 2.29. The molecule has 0 aromatic heterocycles. The van der Waals surface area contributed by atoms with Crippen LogP contribution in [0.3, 0.4) is 0 Å². The van der Waals surface area contributed by atoms with E-state index in [9.17, 15) is 25.3 Å². The highest BCUT2D eigenvalue weighted by atomic mass is 79.9. The molecule has 9 heteroatoms. The van der Waals surface area contributed by atoms with E-state index in [1.165, 1.54) is 42.5 Å². The molecule has 0 atom stereocenters. The van der Waals surface area contributed by atoms with Gasteiger partial charge in [0.05, 0.1) is 13.9 Å². The Morgan fingerprint density at radius 1 is 1.28 bits per heavy atom. The number of carbonyl (C=O) groups is 1. The molecule has 0 spiro atoms. The lowest BCUT2D eigenvalue weighted by molar-refractivity contribution is -0.384. The fourth-order valence-corrected chi connectivity index (χ4v) is 3.10. The predicted octanol–water partition coefficient (Wildman–Crippen LogP) is 4.37. The first kappa shape index (κ1) is 18.6. The molecule has 7 nitrogen and oxygen atoms in total. The van der Waals surface area contributed by atoms with Crippen LogP contribution in [0.15, 0.2) is 50.9 Å². The van der Waals surface area contributed by atoms with Crippen molar-refractivity contribution in [2.24, 2.45) is 0 Å². The number of rotatable bonds is 4. The molecule has 0 bridgehead atoms. The second-order valence-corrected chi connectivity index (χ2v) is 6.47. The number of nitrogens with one attached hydrogen (secondary N) is 1. The smallest absolute Gasteiger partial charge is 0.271 e. The molecule has 2 N–H and O–H groups in total. The van der Waals surface area contributed by atoms with Gasteiger partial charge in [-0.05, 0) is 61.7 Å². The Labute approximate surface area is 159 Å². The summed E-state index contributed by atoms with van der Waals surface area (Å²) in [6, 6.07) is 10.3. The third kappa shape index (κ3) is 4.65. The third-order valence-electron chi connectivity index (χ3n) is 3.03. The molecule has 0 radical (unpaired) electrons. The van der Waals surface area contributed by atoms with Crippen LogP contribution in [0.4, 0.5) is 11.4 Å². The van der Waals surface area contributed by atoms with E-state index in [2.05, 4.69) is 37.2 Å². The fourth-order valence-electron chi connectivity index (χ4n) is 1.88. The van der Waals surface area contributed by atoms with Crippen LogP contribution in [0.25, 0.3) is 6.08 Å². The molecule has 2 aromatic rings. The highest BCUT2D eigenvalue weighted by molar-refractivity contribution is 9.11.